The number of benzene rings is 1. The van der Waals surface area contributed by atoms with E-state index in [1.807, 2.05) is 0 Å². The average Bonchev–Trinajstić information content (AvgIpc) is 2.99. The molecule has 1 aromatic rings. The number of amides is 1. The highest BCUT2D eigenvalue weighted by molar-refractivity contribution is 7.92. The fourth-order valence-electron chi connectivity index (χ4n) is 2.51. The van der Waals surface area contributed by atoms with Crippen molar-refractivity contribution < 1.29 is 13.2 Å². The molecule has 1 saturated carbocycles. The molecule has 23 heavy (non-hydrogen) atoms. The smallest absolute Gasteiger partial charge is 0.239 e. The van der Waals surface area contributed by atoms with Gasteiger partial charge in [-0.2, -0.15) is 0 Å². The van der Waals surface area contributed by atoms with Crippen molar-refractivity contribution in [2.24, 2.45) is 0 Å². The van der Waals surface area contributed by atoms with E-state index in [1.54, 1.807) is 0 Å². The van der Waals surface area contributed by atoms with Crippen LogP contribution in [0.15, 0.2) is 12.1 Å². The minimum absolute atomic E-state index is 0.116. The van der Waals surface area contributed by atoms with Gasteiger partial charge in [-0.3, -0.25) is 15.6 Å². The second kappa shape index (κ2) is 7.92. The molecule has 1 amide bonds. The molecular formula is C14H17Cl3N2O3S. The molecule has 1 aliphatic carbocycles. The molecule has 0 spiro atoms. The summed E-state index contributed by atoms with van der Waals surface area (Å²) in [6, 6.07) is 2.96. The Hall–Kier alpha value is -0.690. The number of carbonyl (C=O) groups excluding carboxylic acids is 1. The maximum Gasteiger partial charge on any atom is 0.239 e. The second-order valence-corrected chi connectivity index (χ2v) is 9.09. The summed E-state index contributed by atoms with van der Waals surface area (Å²) in [6.45, 7) is 0. The van der Waals surface area contributed by atoms with E-state index in [2.05, 4.69) is 10.9 Å². The minimum atomic E-state index is -3.22. The van der Waals surface area contributed by atoms with Gasteiger partial charge in [-0.15, -0.1) is 0 Å². The van der Waals surface area contributed by atoms with Crippen molar-refractivity contribution in [2.75, 3.05) is 11.2 Å². The van der Waals surface area contributed by atoms with Gasteiger partial charge in [0.2, 0.25) is 5.91 Å². The molecule has 9 heteroatoms. The molecule has 1 aliphatic rings. The topological polar surface area (TPSA) is 75.3 Å². The van der Waals surface area contributed by atoms with Gasteiger partial charge in [-0.1, -0.05) is 47.6 Å². The fourth-order valence-corrected chi connectivity index (χ4v) is 5.27. The van der Waals surface area contributed by atoms with Crippen molar-refractivity contribution in [2.45, 2.75) is 37.4 Å². The Bertz CT molecular complexity index is 666. The lowest BCUT2D eigenvalue weighted by Gasteiger charge is -2.13. The number of halogens is 3. The Kier molecular flexibility index (Phi) is 6.42. The van der Waals surface area contributed by atoms with Gasteiger partial charge in [0.1, 0.15) is 0 Å². The maximum atomic E-state index is 12.1. The molecular weight excluding hydrogens is 383 g/mol. The monoisotopic (exact) mass is 398 g/mol. The first-order chi connectivity index (χ1) is 10.8. The van der Waals surface area contributed by atoms with Gasteiger partial charge in [0, 0.05) is 11.4 Å². The number of hydrogen-bond donors (Lipinski definition) is 2. The predicted molar refractivity (Wildman–Crippen MR) is 93.9 cm³/mol. The summed E-state index contributed by atoms with van der Waals surface area (Å²) in [5.41, 5.74) is 5.30. The lowest BCUT2D eigenvalue weighted by molar-refractivity contribution is -0.120. The number of hydrazine groups is 1. The highest BCUT2D eigenvalue weighted by Gasteiger charge is 2.28. The van der Waals surface area contributed by atoms with E-state index in [-0.39, 0.29) is 27.5 Å². The third-order valence-electron chi connectivity index (χ3n) is 3.76. The molecule has 0 unspecified atom stereocenters. The number of sulfone groups is 1. The van der Waals surface area contributed by atoms with Crippen LogP contribution in [0.1, 0.15) is 32.1 Å². The lowest BCUT2D eigenvalue weighted by Crippen LogP contribution is -2.32. The van der Waals surface area contributed by atoms with Crippen molar-refractivity contribution >= 4 is 56.2 Å². The molecule has 0 atom stereocenters. The van der Waals surface area contributed by atoms with E-state index >= 15 is 0 Å². The maximum absolute atomic E-state index is 12.1. The van der Waals surface area contributed by atoms with Gasteiger partial charge in [0.15, 0.2) is 9.84 Å². The van der Waals surface area contributed by atoms with Crippen molar-refractivity contribution in [1.29, 1.82) is 0 Å². The van der Waals surface area contributed by atoms with Crippen LogP contribution in [0.2, 0.25) is 15.1 Å². The molecule has 0 bridgehead atoms. The van der Waals surface area contributed by atoms with Crippen LogP contribution in [0.5, 0.6) is 0 Å². The molecule has 128 valence electrons. The van der Waals surface area contributed by atoms with E-state index < -0.39 is 15.7 Å². The molecule has 5 nitrogen and oxygen atoms in total. The van der Waals surface area contributed by atoms with Gasteiger partial charge in [0.25, 0.3) is 0 Å². The first-order valence-electron chi connectivity index (χ1n) is 7.20. The second-order valence-electron chi connectivity index (χ2n) is 5.44. The quantitative estimate of drug-likeness (QED) is 0.713. The van der Waals surface area contributed by atoms with Crippen LogP contribution < -0.4 is 10.9 Å². The zero-order valence-corrected chi connectivity index (χ0v) is 15.3. The molecule has 2 N–H and O–H groups in total. The third kappa shape index (κ3) is 5.14. The highest BCUT2D eigenvalue weighted by Crippen LogP contribution is 2.33. The summed E-state index contributed by atoms with van der Waals surface area (Å²) >= 11 is 17.7. The first kappa shape index (κ1) is 18.6. The summed E-state index contributed by atoms with van der Waals surface area (Å²) in [4.78, 5) is 11.8. The Morgan fingerprint density at radius 2 is 1.70 bits per heavy atom. The first-order valence-corrected chi connectivity index (χ1v) is 10.1. The number of rotatable bonds is 6. The van der Waals surface area contributed by atoms with E-state index in [0.717, 1.165) is 12.8 Å². The van der Waals surface area contributed by atoms with E-state index in [4.69, 9.17) is 34.8 Å². The van der Waals surface area contributed by atoms with Crippen LogP contribution in [0, 0.1) is 0 Å². The van der Waals surface area contributed by atoms with E-state index in [1.165, 1.54) is 12.1 Å². The van der Waals surface area contributed by atoms with Crippen LogP contribution >= 0.6 is 34.8 Å². The molecule has 0 saturated heterocycles. The summed E-state index contributed by atoms with van der Waals surface area (Å²) in [5.74, 6) is -0.610. The SMILES string of the molecule is O=C(CCS(=O)(=O)C1CCCC1)NNc1c(Cl)cc(Cl)cc1Cl. The van der Waals surface area contributed by atoms with E-state index in [0.29, 0.717) is 23.6 Å². The zero-order valence-electron chi connectivity index (χ0n) is 12.2. The molecule has 0 aromatic heterocycles. The lowest BCUT2D eigenvalue weighted by atomic mass is 10.3. The Labute approximate surface area is 150 Å². The van der Waals surface area contributed by atoms with Gasteiger partial charge in [-0.05, 0) is 25.0 Å². The Balaban J connectivity index is 1.86. The largest absolute Gasteiger partial charge is 0.296 e. The van der Waals surface area contributed by atoms with Crippen LogP contribution in [0.3, 0.4) is 0 Å². The molecule has 1 aromatic carbocycles. The van der Waals surface area contributed by atoms with Crippen LogP contribution in [-0.4, -0.2) is 25.3 Å². The fraction of sp³-hybridized carbons (Fsp3) is 0.500. The summed E-state index contributed by atoms with van der Waals surface area (Å²) in [6.07, 6.45) is 3.14. The molecule has 1 fully saturated rings. The summed E-state index contributed by atoms with van der Waals surface area (Å²) in [5, 5.41) is 0.575. The Morgan fingerprint density at radius 1 is 1.13 bits per heavy atom. The number of anilines is 1. The van der Waals surface area contributed by atoms with Gasteiger partial charge in [0.05, 0.1) is 26.7 Å². The van der Waals surface area contributed by atoms with Crippen molar-refractivity contribution in [3.8, 4) is 0 Å². The molecule has 0 heterocycles. The van der Waals surface area contributed by atoms with Crippen molar-refractivity contribution in [3.05, 3.63) is 27.2 Å². The van der Waals surface area contributed by atoms with Crippen molar-refractivity contribution in [1.82, 2.24) is 5.43 Å². The standard InChI is InChI=1S/C14H17Cl3N2O3S/c15-9-7-11(16)14(12(17)8-9)19-18-13(20)5-6-23(21,22)10-3-1-2-4-10/h7-8,10,19H,1-6H2,(H,18,20). The van der Waals surface area contributed by atoms with Crippen LogP contribution in [-0.2, 0) is 14.6 Å². The molecule has 2 rings (SSSR count). The zero-order chi connectivity index (χ0) is 17.0. The predicted octanol–water partition coefficient (Wildman–Crippen LogP) is 3.84. The van der Waals surface area contributed by atoms with Crippen molar-refractivity contribution in [3.63, 3.8) is 0 Å². The summed E-state index contributed by atoms with van der Waals surface area (Å²) in [7, 11) is -3.22. The number of nitrogens with one attached hydrogen (secondary N) is 2. The molecule has 0 radical (unpaired) electrons. The number of hydrogen-bond acceptors (Lipinski definition) is 4. The normalized spacial score (nSPS) is 15.6. The van der Waals surface area contributed by atoms with Gasteiger partial charge < -0.3 is 0 Å². The van der Waals surface area contributed by atoms with E-state index in [9.17, 15) is 13.2 Å². The van der Waals surface area contributed by atoms with Crippen LogP contribution in [0.25, 0.3) is 0 Å². The third-order valence-corrected chi connectivity index (χ3v) is 6.83. The highest BCUT2D eigenvalue weighted by atomic mass is 35.5. The number of carbonyl (C=O) groups is 1. The van der Waals surface area contributed by atoms with Gasteiger partial charge >= 0.3 is 0 Å². The van der Waals surface area contributed by atoms with Crippen LogP contribution in [0.4, 0.5) is 5.69 Å². The van der Waals surface area contributed by atoms with Gasteiger partial charge in [-0.25, -0.2) is 8.42 Å². The minimum Gasteiger partial charge on any atom is -0.296 e. The Morgan fingerprint density at radius 3 is 2.26 bits per heavy atom. The average molecular weight is 400 g/mol. The summed E-state index contributed by atoms with van der Waals surface area (Å²) < 4.78 is 24.2. The molecule has 0 aliphatic heterocycles.